The van der Waals surface area contributed by atoms with Crippen molar-refractivity contribution in [2.45, 2.75) is 30.9 Å². The molecule has 0 saturated carbocycles. The molecule has 2 aromatic heterocycles. The fourth-order valence-corrected chi connectivity index (χ4v) is 3.23. The number of piperidine rings is 1. The minimum absolute atomic E-state index is 0.0117. The van der Waals surface area contributed by atoms with E-state index in [0.29, 0.717) is 11.4 Å². The van der Waals surface area contributed by atoms with Gasteiger partial charge in [-0.25, -0.2) is 18.4 Å². The molecule has 0 radical (unpaired) electrons. The Morgan fingerprint density at radius 2 is 2.00 bits per heavy atom. The maximum absolute atomic E-state index is 11.6. The van der Waals surface area contributed by atoms with Crippen molar-refractivity contribution in [3.05, 3.63) is 24.2 Å². The summed E-state index contributed by atoms with van der Waals surface area (Å²) < 4.78 is 28.9. The summed E-state index contributed by atoms with van der Waals surface area (Å²) in [5.74, 6) is 0.0892. The van der Waals surface area contributed by atoms with E-state index in [-0.39, 0.29) is 28.6 Å². The van der Waals surface area contributed by atoms with Crippen LogP contribution in [0.25, 0.3) is 0 Å². The van der Waals surface area contributed by atoms with Crippen LogP contribution in [0.5, 0.6) is 11.6 Å². The van der Waals surface area contributed by atoms with Crippen LogP contribution in [0.4, 0.5) is 11.5 Å². The topological polar surface area (TPSA) is 126 Å². The summed E-state index contributed by atoms with van der Waals surface area (Å²) in [7, 11) is -3.39. The Hall–Kier alpha value is -2.46. The maximum atomic E-state index is 11.6. The quantitative estimate of drug-likeness (QED) is 0.701. The molecular weight excluding hydrogens is 358 g/mol. The Morgan fingerprint density at radius 1 is 1.27 bits per heavy atom. The van der Waals surface area contributed by atoms with Gasteiger partial charge in [0.1, 0.15) is 12.4 Å². The van der Waals surface area contributed by atoms with Gasteiger partial charge in [-0.15, -0.1) is 0 Å². The lowest BCUT2D eigenvalue weighted by Gasteiger charge is -2.23. The number of aryl methyl sites for hydroxylation is 1. The second-order valence-electron chi connectivity index (χ2n) is 6.12. The first kappa shape index (κ1) is 18.3. The van der Waals surface area contributed by atoms with Gasteiger partial charge >= 0.3 is 0 Å². The molecule has 0 amide bonds. The van der Waals surface area contributed by atoms with E-state index in [2.05, 4.69) is 25.6 Å². The van der Waals surface area contributed by atoms with Crippen LogP contribution in [0.3, 0.4) is 0 Å². The highest BCUT2D eigenvalue weighted by molar-refractivity contribution is 7.90. The van der Waals surface area contributed by atoms with Crippen molar-refractivity contribution in [3.63, 3.8) is 0 Å². The molecule has 0 aliphatic carbocycles. The lowest BCUT2D eigenvalue weighted by Crippen LogP contribution is -2.34. The van der Waals surface area contributed by atoms with Crippen LogP contribution in [0.15, 0.2) is 23.5 Å². The smallest absolute Gasteiger partial charge is 0.262 e. The fraction of sp³-hybridized carbons (Fsp3) is 0.438. The fourth-order valence-electron chi connectivity index (χ4n) is 2.62. The number of hydrogen-bond donors (Lipinski definition) is 3. The predicted molar refractivity (Wildman–Crippen MR) is 95.6 cm³/mol. The number of aromatic nitrogens is 3. The summed E-state index contributed by atoms with van der Waals surface area (Å²) >= 11 is 0. The van der Waals surface area contributed by atoms with Crippen LogP contribution in [0, 0.1) is 6.92 Å². The second kappa shape index (κ2) is 7.42. The summed E-state index contributed by atoms with van der Waals surface area (Å²) in [6.45, 7) is 3.39. The van der Waals surface area contributed by atoms with Crippen molar-refractivity contribution in [3.8, 4) is 11.6 Å². The zero-order valence-electron chi connectivity index (χ0n) is 14.6. The number of sulfone groups is 1. The largest absolute Gasteiger partial charge is 0.501 e. The van der Waals surface area contributed by atoms with Gasteiger partial charge in [0.15, 0.2) is 20.7 Å². The molecule has 1 aliphatic heterocycles. The first-order valence-corrected chi connectivity index (χ1v) is 10.1. The van der Waals surface area contributed by atoms with Gasteiger partial charge in [-0.1, -0.05) is 0 Å². The Bertz CT molecular complexity index is 898. The van der Waals surface area contributed by atoms with Gasteiger partial charge in [0.2, 0.25) is 5.75 Å². The van der Waals surface area contributed by atoms with Crippen molar-refractivity contribution in [2.24, 2.45) is 0 Å². The molecule has 1 aliphatic rings. The molecule has 0 unspecified atom stereocenters. The normalized spacial score (nSPS) is 15.6. The molecule has 10 heteroatoms. The van der Waals surface area contributed by atoms with E-state index in [9.17, 15) is 13.5 Å². The Labute approximate surface area is 151 Å². The molecule has 9 nitrogen and oxygen atoms in total. The second-order valence-corrected chi connectivity index (χ2v) is 8.09. The molecule has 0 spiro atoms. The van der Waals surface area contributed by atoms with Gasteiger partial charge in [0.25, 0.3) is 5.88 Å². The SMILES string of the molecule is Cc1nc(S(C)(=O)=O)ccc1Nc1ncnc(OC2CCNCC2)c1O. The lowest BCUT2D eigenvalue weighted by atomic mass is 10.1. The number of nitrogens with zero attached hydrogens (tertiary/aromatic N) is 3. The molecule has 140 valence electrons. The number of rotatable bonds is 5. The molecule has 0 atom stereocenters. The van der Waals surface area contributed by atoms with Crippen LogP contribution in [0.1, 0.15) is 18.5 Å². The monoisotopic (exact) mass is 379 g/mol. The third-order valence-corrected chi connectivity index (χ3v) is 5.03. The van der Waals surface area contributed by atoms with E-state index < -0.39 is 9.84 Å². The highest BCUT2D eigenvalue weighted by atomic mass is 32.2. The van der Waals surface area contributed by atoms with Crippen LogP contribution < -0.4 is 15.4 Å². The molecule has 3 N–H and O–H groups in total. The Morgan fingerprint density at radius 3 is 2.65 bits per heavy atom. The van der Waals surface area contributed by atoms with Crippen LogP contribution in [0.2, 0.25) is 0 Å². The molecule has 1 saturated heterocycles. The predicted octanol–water partition coefficient (Wildman–Crippen LogP) is 1.16. The zero-order chi connectivity index (χ0) is 18.7. The highest BCUT2D eigenvalue weighted by Crippen LogP contribution is 2.33. The third-order valence-electron chi connectivity index (χ3n) is 4.05. The van der Waals surface area contributed by atoms with Gasteiger partial charge in [-0.05, 0) is 45.0 Å². The Kier molecular flexibility index (Phi) is 5.23. The van der Waals surface area contributed by atoms with Gasteiger partial charge in [0, 0.05) is 6.26 Å². The van der Waals surface area contributed by atoms with Crippen molar-refractivity contribution < 1.29 is 18.3 Å². The molecule has 3 rings (SSSR count). The number of hydrogen-bond acceptors (Lipinski definition) is 9. The van der Waals surface area contributed by atoms with Gasteiger partial charge in [-0.2, -0.15) is 4.98 Å². The summed E-state index contributed by atoms with van der Waals surface area (Å²) in [6.07, 6.45) is 4.06. The number of pyridine rings is 1. The van der Waals surface area contributed by atoms with Gasteiger partial charge in [0.05, 0.1) is 11.4 Å². The summed E-state index contributed by atoms with van der Waals surface area (Å²) in [5, 5.41) is 16.6. The van der Waals surface area contributed by atoms with Gasteiger partial charge < -0.3 is 20.5 Å². The first-order chi connectivity index (χ1) is 12.3. The van der Waals surface area contributed by atoms with E-state index in [4.69, 9.17) is 4.74 Å². The number of aromatic hydroxyl groups is 1. The zero-order valence-corrected chi connectivity index (χ0v) is 15.4. The van der Waals surface area contributed by atoms with Crippen molar-refractivity contribution in [2.75, 3.05) is 24.7 Å². The lowest BCUT2D eigenvalue weighted by molar-refractivity contribution is 0.150. The van der Waals surface area contributed by atoms with E-state index in [0.717, 1.165) is 32.2 Å². The molecular formula is C16H21N5O4S. The number of nitrogens with one attached hydrogen (secondary N) is 2. The van der Waals surface area contributed by atoms with E-state index in [1.165, 1.54) is 12.4 Å². The van der Waals surface area contributed by atoms with Crippen LogP contribution >= 0.6 is 0 Å². The average molecular weight is 379 g/mol. The van der Waals surface area contributed by atoms with Crippen molar-refractivity contribution >= 4 is 21.3 Å². The Balaban J connectivity index is 1.81. The average Bonchev–Trinajstić information content (AvgIpc) is 2.60. The summed E-state index contributed by atoms with van der Waals surface area (Å²) in [5.41, 5.74) is 0.992. The minimum Gasteiger partial charge on any atom is -0.501 e. The molecule has 3 heterocycles. The molecule has 2 aromatic rings. The molecule has 0 bridgehead atoms. The van der Waals surface area contributed by atoms with E-state index in [1.807, 2.05) is 0 Å². The first-order valence-electron chi connectivity index (χ1n) is 8.20. The van der Waals surface area contributed by atoms with Crippen molar-refractivity contribution in [1.29, 1.82) is 0 Å². The number of ether oxygens (including phenoxy) is 1. The highest BCUT2D eigenvalue weighted by Gasteiger charge is 2.20. The summed E-state index contributed by atoms with van der Waals surface area (Å²) in [6, 6.07) is 2.98. The minimum atomic E-state index is -3.39. The van der Waals surface area contributed by atoms with E-state index >= 15 is 0 Å². The number of anilines is 2. The van der Waals surface area contributed by atoms with E-state index in [1.54, 1.807) is 13.0 Å². The van der Waals surface area contributed by atoms with Gasteiger partial charge in [-0.3, -0.25) is 0 Å². The summed E-state index contributed by atoms with van der Waals surface area (Å²) in [4.78, 5) is 12.1. The van der Waals surface area contributed by atoms with Crippen LogP contribution in [-0.2, 0) is 9.84 Å². The molecule has 26 heavy (non-hydrogen) atoms. The standard InChI is InChI=1S/C16H21N5O4S/c1-10-12(3-4-13(20-10)26(2,23)24)21-15-14(22)16(19-9-18-15)25-11-5-7-17-8-6-11/h3-4,9,11,17,22H,5-8H2,1-2H3,(H,18,19,21). The third kappa shape index (κ3) is 4.20. The maximum Gasteiger partial charge on any atom is 0.262 e. The molecule has 1 fully saturated rings. The van der Waals surface area contributed by atoms with Crippen LogP contribution in [-0.4, -0.2) is 53.9 Å². The molecule has 0 aromatic carbocycles. The van der Waals surface area contributed by atoms with Crippen molar-refractivity contribution in [1.82, 2.24) is 20.3 Å².